The Kier molecular flexibility index (Phi) is 4.72. The van der Waals surface area contributed by atoms with Crippen LogP contribution in [-0.4, -0.2) is 18.3 Å². The highest BCUT2D eigenvalue weighted by Gasteiger charge is 2.52. The van der Waals surface area contributed by atoms with Crippen LogP contribution in [0.3, 0.4) is 0 Å². The first kappa shape index (κ1) is 19.0. The summed E-state index contributed by atoms with van der Waals surface area (Å²) in [4.78, 5) is 0. The summed E-state index contributed by atoms with van der Waals surface area (Å²) in [6.07, 6.45) is 0. The molecule has 0 unspecified atom stereocenters. The van der Waals surface area contributed by atoms with Crippen molar-refractivity contribution in [3.63, 3.8) is 0 Å². The van der Waals surface area contributed by atoms with Crippen LogP contribution in [0.4, 0.5) is 5.69 Å². The summed E-state index contributed by atoms with van der Waals surface area (Å²) in [5.74, 6) is 0. The maximum absolute atomic E-state index is 6.42. The first-order valence-corrected chi connectivity index (χ1v) is 9.94. The molecular weight excluding hydrogens is 345 g/mol. The van der Waals surface area contributed by atoms with E-state index in [0.29, 0.717) is 0 Å². The smallest absolute Gasteiger partial charge is 0.399 e. The number of fused-ring (bicyclic) bond motifs is 1. The minimum absolute atomic E-state index is 0.366. The lowest BCUT2D eigenvalue weighted by atomic mass is 9.73. The quantitative estimate of drug-likeness (QED) is 0.649. The van der Waals surface area contributed by atoms with E-state index in [1.165, 1.54) is 21.9 Å². The molecule has 1 fully saturated rings. The number of anilines is 1. The van der Waals surface area contributed by atoms with Crippen molar-refractivity contribution in [1.82, 2.24) is 0 Å². The zero-order valence-corrected chi connectivity index (χ0v) is 17.4. The maximum Gasteiger partial charge on any atom is 0.495 e. The lowest BCUT2D eigenvalue weighted by molar-refractivity contribution is 0.00578. The fraction of sp³-hybridized carbons (Fsp3) is 0.333. The van der Waals surface area contributed by atoms with Crippen molar-refractivity contribution in [3.8, 4) is 0 Å². The van der Waals surface area contributed by atoms with Crippen molar-refractivity contribution >= 4 is 29.0 Å². The minimum Gasteiger partial charge on any atom is -0.399 e. The van der Waals surface area contributed by atoms with Gasteiger partial charge in [-0.15, -0.1) is 0 Å². The van der Waals surface area contributed by atoms with Gasteiger partial charge in [0.25, 0.3) is 0 Å². The molecule has 1 heterocycles. The van der Waals surface area contributed by atoms with Gasteiger partial charge < -0.3 is 14.6 Å². The molecule has 3 aromatic carbocycles. The molecule has 1 aliphatic rings. The predicted molar refractivity (Wildman–Crippen MR) is 118 cm³/mol. The van der Waals surface area contributed by atoms with Gasteiger partial charge in [0.05, 0.1) is 11.2 Å². The van der Waals surface area contributed by atoms with Gasteiger partial charge in [-0.25, -0.2) is 0 Å². The van der Waals surface area contributed by atoms with Gasteiger partial charge in [0.1, 0.15) is 0 Å². The fourth-order valence-electron chi connectivity index (χ4n) is 3.70. The summed E-state index contributed by atoms with van der Waals surface area (Å²) in [7, 11) is -0.384. The Morgan fingerprint density at radius 2 is 1.46 bits per heavy atom. The van der Waals surface area contributed by atoms with Crippen LogP contribution >= 0.6 is 0 Å². The Morgan fingerprint density at radius 3 is 2.18 bits per heavy atom. The minimum atomic E-state index is -0.384. The Bertz CT molecular complexity index is 996. The van der Waals surface area contributed by atoms with Crippen LogP contribution in [0, 0.1) is 6.92 Å². The molecule has 0 radical (unpaired) electrons. The summed E-state index contributed by atoms with van der Waals surface area (Å²) < 4.78 is 12.8. The van der Waals surface area contributed by atoms with Crippen LogP contribution in [-0.2, 0) is 15.9 Å². The van der Waals surface area contributed by atoms with Crippen LogP contribution in [0.15, 0.2) is 60.7 Å². The molecule has 4 heteroatoms. The van der Waals surface area contributed by atoms with Gasteiger partial charge in [-0.2, -0.15) is 0 Å². The van der Waals surface area contributed by atoms with E-state index in [1.54, 1.807) is 0 Å². The average molecular weight is 373 g/mol. The van der Waals surface area contributed by atoms with Crippen molar-refractivity contribution in [1.29, 1.82) is 0 Å². The standard InChI is InChI=1S/C24H28BNO2/c1-17-10-6-9-13-21(17)26-16-19-15-14-18-11-7-8-12-20(18)22(19)25-27-23(2,3)24(4,5)28-25/h6-15,26H,16H2,1-5H3. The van der Waals surface area contributed by atoms with Gasteiger partial charge in [-0.05, 0) is 68.0 Å². The number of para-hydroxylation sites is 1. The lowest BCUT2D eigenvalue weighted by Crippen LogP contribution is -2.41. The largest absolute Gasteiger partial charge is 0.495 e. The van der Waals surface area contributed by atoms with E-state index in [2.05, 4.69) is 101 Å². The van der Waals surface area contributed by atoms with Crippen LogP contribution in [0.25, 0.3) is 10.8 Å². The van der Waals surface area contributed by atoms with Gasteiger partial charge in [0.2, 0.25) is 0 Å². The zero-order chi connectivity index (χ0) is 19.9. The molecule has 0 atom stereocenters. The van der Waals surface area contributed by atoms with Crippen molar-refractivity contribution in [2.45, 2.75) is 52.4 Å². The third-order valence-corrected chi connectivity index (χ3v) is 6.16. The van der Waals surface area contributed by atoms with Crippen LogP contribution < -0.4 is 10.8 Å². The molecule has 0 aromatic heterocycles. The average Bonchev–Trinajstić information content (AvgIpc) is 2.87. The van der Waals surface area contributed by atoms with E-state index < -0.39 is 0 Å². The topological polar surface area (TPSA) is 30.5 Å². The van der Waals surface area contributed by atoms with Crippen LogP contribution in [0.5, 0.6) is 0 Å². The summed E-state index contributed by atoms with van der Waals surface area (Å²) in [6.45, 7) is 11.2. The molecule has 1 N–H and O–H groups in total. The molecule has 28 heavy (non-hydrogen) atoms. The molecule has 3 aromatic rings. The van der Waals surface area contributed by atoms with Crippen LogP contribution in [0.2, 0.25) is 0 Å². The number of hydrogen-bond donors (Lipinski definition) is 1. The van der Waals surface area contributed by atoms with E-state index >= 15 is 0 Å². The fourth-order valence-corrected chi connectivity index (χ4v) is 3.70. The van der Waals surface area contributed by atoms with Gasteiger partial charge in [0, 0.05) is 12.2 Å². The number of aryl methyl sites for hydroxylation is 1. The number of benzene rings is 3. The second-order valence-corrected chi connectivity index (χ2v) is 8.62. The first-order valence-electron chi connectivity index (χ1n) is 9.94. The van der Waals surface area contributed by atoms with Crippen molar-refractivity contribution in [2.24, 2.45) is 0 Å². The van der Waals surface area contributed by atoms with Gasteiger partial charge >= 0.3 is 7.12 Å². The normalized spacial score (nSPS) is 17.8. The summed E-state index contributed by atoms with van der Waals surface area (Å²) in [6, 6.07) is 21.2. The molecule has 0 saturated carbocycles. The van der Waals surface area contributed by atoms with Crippen LogP contribution in [0.1, 0.15) is 38.8 Å². The zero-order valence-electron chi connectivity index (χ0n) is 17.4. The van der Waals surface area contributed by atoms with Gasteiger partial charge in [0.15, 0.2) is 0 Å². The van der Waals surface area contributed by atoms with Crippen molar-refractivity contribution in [2.75, 3.05) is 5.32 Å². The molecule has 0 spiro atoms. The molecule has 0 bridgehead atoms. The third kappa shape index (κ3) is 3.32. The maximum atomic E-state index is 6.42. The van der Waals surface area contributed by atoms with E-state index in [0.717, 1.165) is 17.7 Å². The Morgan fingerprint density at radius 1 is 0.821 bits per heavy atom. The number of hydrogen-bond acceptors (Lipinski definition) is 3. The Labute approximate surface area is 168 Å². The van der Waals surface area contributed by atoms with Crippen molar-refractivity contribution < 1.29 is 9.31 Å². The first-order chi connectivity index (χ1) is 13.3. The molecule has 1 saturated heterocycles. The highest BCUT2D eigenvalue weighted by Crippen LogP contribution is 2.37. The van der Waals surface area contributed by atoms with Gasteiger partial charge in [-0.3, -0.25) is 0 Å². The Hall–Kier alpha value is -2.30. The van der Waals surface area contributed by atoms with E-state index in [9.17, 15) is 0 Å². The van der Waals surface area contributed by atoms with E-state index in [1.807, 2.05) is 0 Å². The number of nitrogens with one attached hydrogen (secondary N) is 1. The lowest BCUT2D eigenvalue weighted by Gasteiger charge is -2.32. The third-order valence-electron chi connectivity index (χ3n) is 6.16. The molecule has 3 nitrogen and oxygen atoms in total. The Balaban J connectivity index is 1.75. The monoisotopic (exact) mass is 373 g/mol. The molecule has 4 rings (SSSR count). The second-order valence-electron chi connectivity index (χ2n) is 8.62. The molecule has 1 aliphatic heterocycles. The van der Waals surface area contributed by atoms with Gasteiger partial charge in [-0.1, -0.05) is 54.6 Å². The molecule has 144 valence electrons. The highest BCUT2D eigenvalue weighted by molar-refractivity contribution is 6.65. The highest BCUT2D eigenvalue weighted by atomic mass is 16.7. The SMILES string of the molecule is Cc1ccccc1NCc1ccc2ccccc2c1B1OC(C)(C)C(C)(C)O1. The molecule has 0 amide bonds. The second kappa shape index (κ2) is 6.95. The van der Waals surface area contributed by atoms with Crippen molar-refractivity contribution in [3.05, 3.63) is 71.8 Å². The molecular formula is C24H28BNO2. The van der Waals surface area contributed by atoms with E-state index in [-0.39, 0.29) is 18.3 Å². The number of rotatable bonds is 4. The summed E-state index contributed by atoms with van der Waals surface area (Å²) >= 11 is 0. The van der Waals surface area contributed by atoms with E-state index in [4.69, 9.17) is 9.31 Å². The molecule has 0 aliphatic carbocycles. The summed E-state index contributed by atoms with van der Waals surface area (Å²) in [5, 5.41) is 5.97. The predicted octanol–water partition coefficient (Wildman–Crippen LogP) is 5.06. The summed E-state index contributed by atoms with van der Waals surface area (Å²) in [5.41, 5.74) is 3.97.